The van der Waals surface area contributed by atoms with Crippen molar-refractivity contribution in [1.29, 1.82) is 0 Å². The molecule has 0 saturated heterocycles. The lowest BCUT2D eigenvalue weighted by Crippen LogP contribution is -2.30. The molecule has 0 spiro atoms. The minimum Gasteiger partial charge on any atom is -0.507 e. The quantitative estimate of drug-likeness (QED) is 0.711. The molecule has 2 aromatic carbocycles. The number of amides is 1. The Morgan fingerprint density at radius 2 is 1.79 bits per heavy atom. The summed E-state index contributed by atoms with van der Waals surface area (Å²) in [5, 5.41) is 12.5. The summed E-state index contributed by atoms with van der Waals surface area (Å²) in [7, 11) is -0.839. The Morgan fingerprint density at radius 3 is 2.43 bits per heavy atom. The van der Waals surface area contributed by atoms with Gasteiger partial charge in [0.1, 0.15) is 11.3 Å². The van der Waals surface area contributed by atoms with Gasteiger partial charge in [0.05, 0.1) is 4.90 Å². The van der Waals surface area contributed by atoms with Crippen molar-refractivity contribution in [2.75, 3.05) is 19.4 Å². The molecule has 0 heterocycles. The number of hydrogen-bond donors (Lipinski definition) is 2. The highest BCUT2D eigenvalue weighted by molar-refractivity contribution is 7.89. The largest absolute Gasteiger partial charge is 0.507 e. The molecule has 2 aromatic rings. The molecule has 0 aliphatic carbocycles. The lowest BCUT2D eigenvalue weighted by Gasteiger charge is -2.16. The van der Waals surface area contributed by atoms with Crippen molar-refractivity contribution in [1.82, 2.24) is 4.31 Å². The van der Waals surface area contributed by atoms with Gasteiger partial charge in [0.25, 0.3) is 5.91 Å². The minimum atomic E-state index is -3.65. The van der Waals surface area contributed by atoms with Gasteiger partial charge in [-0.15, -0.1) is 0 Å². The van der Waals surface area contributed by atoms with E-state index in [1.54, 1.807) is 19.1 Å². The van der Waals surface area contributed by atoms with Crippen LogP contribution in [0.1, 0.15) is 22.8 Å². The van der Waals surface area contributed by atoms with E-state index < -0.39 is 28.0 Å². The van der Waals surface area contributed by atoms with Gasteiger partial charge in [-0.3, -0.25) is 4.79 Å². The third-order valence-electron chi connectivity index (χ3n) is 3.99. The van der Waals surface area contributed by atoms with Gasteiger partial charge in [0.2, 0.25) is 10.0 Å². The van der Waals surface area contributed by atoms with Crippen LogP contribution in [0, 0.1) is 6.92 Å². The van der Waals surface area contributed by atoms with Crippen LogP contribution in [0.4, 0.5) is 5.69 Å². The third-order valence-corrected chi connectivity index (χ3v) is 5.80. The first-order valence-electron chi connectivity index (χ1n) is 8.37. The van der Waals surface area contributed by atoms with Gasteiger partial charge in [0, 0.05) is 19.8 Å². The van der Waals surface area contributed by atoms with Crippen molar-refractivity contribution in [3.05, 3.63) is 53.6 Å². The molecule has 0 bridgehead atoms. The van der Waals surface area contributed by atoms with Gasteiger partial charge in [-0.25, -0.2) is 17.5 Å². The number of carbonyl (C=O) groups excluding carboxylic acids is 2. The average Bonchev–Trinajstić information content (AvgIpc) is 2.63. The van der Waals surface area contributed by atoms with E-state index in [9.17, 15) is 23.1 Å². The van der Waals surface area contributed by atoms with E-state index in [-0.39, 0.29) is 21.9 Å². The number of phenols is 1. The molecular formula is C19H22N2O6S. The van der Waals surface area contributed by atoms with Gasteiger partial charge in [-0.1, -0.05) is 18.2 Å². The topological polar surface area (TPSA) is 113 Å². The van der Waals surface area contributed by atoms with E-state index in [0.29, 0.717) is 5.56 Å². The zero-order chi connectivity index (χ0) is 21.1. The summed E-state index contributed by atoms with van der Waals surface area (Å²) < 4.78 is 30.5. The molecule has 8 nitrogen and oxygen atoms in total. The summed E-state index contributed by atoms with van der Waals surface area (Å²) in [4.78, 5) is 24.5. The molecule has 0 aliphatic heterocycles. The molecule has 0 radical (unpaired) electrons. The average molecular weight is 406 g/mol. The fourth-order valence-corrected chi connectivity index (χ4v) is 3.24. The predicted molar refractivity (Wildman–Crippen MR) is 104 cm³/mol. The van der Waals surface area contributed by atoms with Crippen molar-refractivity contribution >= 4 is 27.6 Å². The van der Waals surface area contributed by atoms with Crippen molar-refractivity contribution < 1.29 is 27.9 Å². The number of nitrogens with one attached hydrogen (secondary N) is 1. The predicted octanol–water partition coefficient (Wildman–Crippen LogP) is 2.13. The molecule has 2 rings (SSSR count). The number of esters is 1. The van der Waals surface area contributed by atoms with Crippen LogP contribution in [0.2, 0.25) is 0 Å². The van der Waals surface area contributed by atoms with Gasteiger partial charge in [-0.05, 0) is 43.7 Å². The van der Waals surface area contributed by atoms with Crippen LogP contribution in [0.5, 0.6) is 5.75 Å². The molecule has 0 fully saturated rings. The maximum absolute atomic E-state index is 12.3. The van der Waals surface area contributed by atoms with Crippen LogP contribution >= 0.6 is 0 Å². The molecule has 0 aromatic heterocycles. The smallest absolute Gasteiger partial charge is 0.342 e. The van der Waals surface area contributed by atoms with Crippen molar-refractivity contribution in [3.63, 3.8) is 0 Å². The molecule has 2 N–H and O–H groups in total. The molecular weight excluding hydrogens is 384 g/mol. The molecule has 28 heavy (non-hydrogen) atoms. The second kappa shape index (κ2) is 8.41. The second-order valence-electron chi connectivity index (χ2n) is 6.32. The number of anilines is 1. The summed E-state index contributed by atoms with van der Waals surface area (Å²) in [6, 6.07) is 10.4. The SMILES string of the molecule is Cc1cccc(C(=O)O[C@@H](C)C(=O)Nc2cccc(S(=O)(=O)N(C)C)c2)c1O. The molecule has 9 heteroatoms. The fraction of sp³-hybridized carbons (Fsp3) is 0.263. The Kier molecular flexibility index (Phi) is 6.42. The van der Waals surface area contributed by atoms with E-state index in [0.717, 1.165) is 4.31 Å². The van der Waals surface area contributed by atoms with Crippen LogP contribution in [-0.2, 0) is 19.6 Å². The molecule has 0 unspecified atom stereocenters. The van der Waals surface area contributed by atoms with Crippen LogP contribution in [0.25, 0.3) is 0 Å². The summed E-state index contributed by atoms with van der Waals surface area (Å²) in [5.74, 6) is -1.69. The van der Waals surface area contributed by atoms with E-state index in [1.807, 2.05) is 0 Å². The maximum atomic E-state index is 12.3. The van der Waals surface area contributed by atoms with Crippen LogP contribution in [0.15, 0.2) is 47.4 Å². The lowest BCUT2D eigenvalue weighted by molar-refractivity contribution is -0.123. The van der Waals surface area contributed by atoms with Crippen molar-refractivity contribution in [3.8, 4) is 5.75 Å². The number of rotatable bonds is 6. The normalized spacial score (nSPS) is 12.5. The zero-order valence-corrected chi connectivity index (χ0v) is 16.8. The highest BCUT2D eigenvalue weighted by Gasteiger charge is 2.22. The molecule has 1 amide bonds. The molecule has 0 aliphatic rings. The number of para-hydroxylation sites is 1. The molecule has 150 valence electrons. The standard InChI is InChI=1S/C19H22N2O6S/c1-12-7-5-10-16(17(12)22)19(24)27-13(2)18(23)20-14-8-6-9-15(11-14)28(25,26)21(3)4/h5-11,13,22H,1-4H3,(H,20,23)/t13-/m0/s1. The Morgan fingerprint density at radius 1 is 1.14 bits per heavy atom. The number of phenolic OH excluding ortho intramolecular Hbond substituents is 1. The molecule has 0 saturated carbocycles. The number of aryl methyl sites for hydroxylation is 1. The van der Waals surface area contributed by atoms with E-state index in [4.69, 9.17) is 4.74 Å². The van der Waals surface area contributed by atoms with Crippen LogP contribution in [0.3, 0.4) is 0 Å². The Bertz CT molecular complexity index is 1000. The number of carbonyl (C=O) groups is 2. The first-order valence-corrected chi connectivity index (χ1v) is 9.81. The first kappa shape index (κ1) is 21.4. The summed E-state index contributed by atoms with van der Waals surface area (Å²) in [6.45, 7) is 3.01. The third kappa shape index (κ3) is 4.68. The Labute approximate surface area is 163 Å². The van der Waals surface area contributed by atoms with E-state index in [1.165, 1.54) is 51.4 Å². The zero-order valence-electron chi connectivity index (χ0n) is 16.0. The number of nitrogens with zero attached hydrogens (tertiary/aromatic N) is 1. The van der Waals surface area contributed by atoms with Gasteiger partial charge in [0.15, 0.2) is 6.10 Å². The van der Waals surface area contributed by atoms with Gasteiger partial charge in [-0.2, -0.15) is 0 Å². The van der Waals surface area contributed by atoms with Gasteiger partial charge < -0.3 is 15.2 Å². The number of hydrogen-bond acceptors (Lipinski definition) is 6. The number of aromatic hydroxyl groups is 1. The van der Waals surface area contributed by atoms with Gasteiger partial charge >= 0.3 is 5.97 Å². The highest BCUT2D eigenvalue weighted by atomic mass is 32.2. The van der Waals surface area contributed by atoms with Crippen LogP contribution in [-0.4, -0.2) is 49.9 Å². The Hall–Kier alpha value is -2.91. The van der Waals surface area contributed by atoms with E-state index >= 15 is 0 Å². The minimum absolute atomic E-state index is 0.0182. The summed E-state index contributed by atoms with van der Waals surface area (Å²) >= 11 is 0. The number of sulfonamides is 1. The van der Waals surface area contributed by atoms with Crippen molar-refractivity contribution in [2.45, 2.75) is 24.8 Å². The fourth-order valence-electron chi connectivity index (χ4n) is 2.29. The second-order valence-corrected chi connectivity index (χ2v) is 8.47. The van der Waals surface area contributed by atoms with Crippen molar-refractivity contribution in [2.24, 2.45) is 0 Å². The lowest BCUT2D eigenvalue weighted by atomic mass is 10.1. The van der Waals surface area contributed by atoms with E-state index in [2.05, 4.69) is 5.32 Å². The molecule has 1 atom stereocenters. The van der Waals surface area contributed by atoms with Crippen LogP contribution < -0.4 is 5.32 Å². The monoisotopic (exact) mass is 406 g/mol. The first-order chi connectivity index (χ1) is 13.0. The summed E-state index contributed by atoms with van der Waals surface area (Å²) in [5.41, 5.74) is 0.707. The Balaban J connectivity index is 2.11. The summed E-state index contributed by atoms with van der Waals surface area (Å²) in [6.07, 6.45) is -1.17. The number of ether oxygens (including phenoxy) is 1. The maximum Gasteiger partial charge on any atom is 0.342 e. The highest BCUT2D eigenvalue weighted by Crippen LogP contribution is 2.23. The number of benzene rings is 2.